The number of aromatic nitrogens is 2. The highest BCUT2D eigenvalue weighted by atomic mass is 16.5. The van der Waals surface area contributed by atoms with Crippen LogP contribution in [0.3, 0.4) is 0 Å². The van der Waals surface area contributed by atoms with E-state index in [1.54, 1.807) is 7.11 Å². The van der Waals surface area contributed by atoms with Crippen molar-refractivity contribution >= 4 is 22.4 Å². The number of hydrogen-bond acceptors (Lipinski definition) is 6. The Morgan fingerprint density at radius 1 is 1.20 bits per heavy atom. The van der Waals surface area contributed by atoms with E-state index in [1.807, 2.05) is 42.6 Å². The number of likely N-dealkylation sites (tertiary alicyclic amines) is 1. The minimum atomic E-state index is 0.126. The Bertz CT molecular complexity index is 1100. The first-order valence-corrected chi connectivity index (χ1v) is 9.90. The summed E-state index contributed by atoms with van der Waals surface area (Å²) in [5, 5.41) is 4.19. The third-order valence-electron chi connectivity index (χ3n) is 5.24. The van der Waals surface area contributed by atoms with Crippen molar-refractivity contribution in [2.75, 3.05) is 25.5 Å². The van der Waals surface area contributed by atoms with Gasteiger partial charge in [-0.1, -0.05) is 18.6 Å². The fraction of sp³-hybridized carbons (Fsp3) is 0.250. The van der Waals surface area contributed by atoms with Crippen LogP contribution in [0.4, 0.5) is 11.5 Å². The lowest BCUT2D eigenvalue weighted by molar-refractivity contribution is 0.120. The van der Waals surface area contributed by atoms with E-state index < -0.39 is 0 Å². The summed E-state index contributed by atoms with van der Waals surface area (Å²) >= 11 is 0. The highest BCUT2D eigenvalue weighted by Gasteiger charge is 2.21. The van der Waals surface area contributed by atoms with Gasteiger partial charge in [-0.15, -0.1) is 6.42 Å². The number of fused-ring (bicyclic) bond motifs is 1. The maximum Gasteiger partial charge on any atom is 0.162 e. The van der Waals surface area contributed by atoms with Gasteiger partial charge in [0, 0.05) is 48.6 Å². The van der Waals surface area contributed by atoms with Crippen molar-refractivity contribution in [1.82, 2.24) is 14.9 Å². The Morgan fingerprint density at radius 3 is 2.77 bits per heavy atom. The summed E-state index contributed by atoms with van der Waals surface area (Å²) in [5.41, 5.74) is 2.43. The van der Waals surface area contributed by atoms with Gasteiger partial charge in [-0.3, -0.25) is 0 Å². The standard InChI is InChI=1S/C24H24N4O2/c1-4-17-7-6-8-18(13-17)27-24-20-14-23(22(29-3)15-21(20)25-16-26-24)30-19-9-11-28(5-2)12-10-19/h1,5-8,13-16,19H,2,9-12H2,3H3,(H,25,26,27). The number of benzene rings is 2. The number of terminal acetylenes is 1. The normalized spacial score (nSPS) is 14.2. The van der Waals surface area contributed by atoms with Crippen molar-refractivity contribution in [3.8, 4) is 23.8 Å². The topological polar surface area (TPSA) is 59.5 Å². The van der Waals surface area contributed by atoms with Crippen LogP contribution in [0.1, 0.15) is 18.4 Å². The van der Waals surface area contributed by atoms with Gasteiger partial charge in [0.2, 0.25) is 0 Å². The summed E-state index contributed by atoms with van der Waals surface area (Å²) in [5.74, 6) is 4.68. The molecule has 1 aliphatic heterocycles. The molecule has 1 aliphatic rings. The fourth-order valence-electron chi connectivity index (χ4n) is 3.59. The van der Waals surface area contributed by atoms with Gasteiger partial charge in [-0.2, -0.15) is 0 Å². The Hall–Kier alpha value is -3.72. The van der Waals surface area contributed by atoms with E-state index >= 15 is 0 Å². The Labute approximate surface area is 176 Å². The minimum Gasteiger partial charge on any atom is -0.493 e. The smallest absolute Gasteiger partial charge is 0.162 e. The van der Waals surface area contributed by atoms with Crippen molar-refractivity contribution in [3.05, 3.63) is 61.1 Å². The number of anilines is 2. The number of nitrogens with one attached hydrogen (secondary N) is 1. The van der Waals surface area contributed by atoms with Crippen LogP contribution in [0.5, 0.6) is 11.5 Å². The molecule has 1 aromatic heterocycles. The lowest BCUT2D eigenvalue weighted by Gasteiger charge is -2.31. The molecule has 1 fully saturated rings. The van der Waals surface area contributed by atoms with Crippen LogP contribution in [0.15, 0.2) is 55.5 Å². The molecule has 3 aromatic rings. The highest BCUT2D eigenvalue weighted by molar-refractivity contribution is 5.93. The third kappa shape index (κ3) is 4.15. The molecule has 1 N–H and O–H groups in total. The monoisotopic (exact) mass is 400 g/mol. The number of hydrogen-bond donors (Lipinski definition) is 1. The molecule has 0 aliphatic carbocycles. The molecule has 0 unspecified atom stereocenters. The zero-order valence-corrected chi connectivity index (χ0v) is 17.0. The predicted octanol–water partition coefficient (Wildman–Crippen LogP) is 4.35. The second kappa shape index (κ2) is 8.75. The number of rotatable bonds is 6. The predicted molar refractivity (Wildman–Crippen MR) is 119 cm³/mol. The Kier molecular flexibility index (Phi) is 5.71. The van der Waals surface area contributed by atoms with Gasteiger partial charge in [0.1, 0.15) is 18.2 Å². The molecular formula is C24H24N4O2. The first kappa shape index (κ1) is 19.6. The maximum atomic E-state index is 6.32. The molecule has 1 saturated heterocycles. The van der Waals surface area contributed by atoms with E-state index in [9.17, 15) is 0 Å². The molecule has 0 saturated carbocycles. The molecule has 0 atom stereocenters. The van der Waals surface area contributed by atoms with Crippen molar-refractivity contribution in [2.45, 2.75) is 18.9 Å². The number of piperidine rings is 1. The van der Waals surface area contributed by atoms with Gasteiger partial charge in [0.05, 0.1) is 12.6 Å². The molecule has 0 bridgehead atoms. The van der Waals surface area contributed by atoms with E-state index in [1.165, 1.54) is 6.33 Å². The molecule has 0 amide bonds. The molecule has 0 spiro atoms. The molecule has 6 nitrogen and oxygen atoms in total. The summed E-state index contributed by atoms with van der Waals surface area (Å²) in [7, 11) is 1.64. The third-order valence-corrected chi connectivity index (χ3v) is 5.24. The molecule has 2 heterocycles. The molecule has 4 rings (SSSR count). The SMILES string of the molecule is C#Cc1cccc(Nc2ncnc3cc(OC)c(OC4CCN(C=C)CC4)cc23)c1. The number of ether oxygens (including phenoxy) is 2. The van der Waals surface area contributed by atoms with E-state index in [0.29, 0.717) is 17.3 Å². The van der Waals surface area contributed by atoms with Gasteiger partial charge in [-0.25, -0.2) is 9.97 Å². The average molecular weight is 400 g/mol. The zero-order valence-electron chi connectivity index (χ0n) is 17.0. The molecule has 0 radical (unpaired) electrons. The summed E-state index contributed by atoms with van der Waals surface area (Å²) in [6.45, 7) is 5.72. The second-order valence-electron chi connectivity index (χ2n) is 7.13. The number of methoxy groups -OCH3 is 1. The Balaban J connectivity index is 1.65. The van der Waals surface area contributed by atoms with Crippen LogP contribution >= 0.6 is 0 Å². The molecule has 30 heavy (non-hydrogen) atoms. The summed E-state index contributed by atoms with van der Waals surface area (Å²) < 4.78 is 11.9. The van der Waals surface area contributed by atoms with E-state index in [-0.39, 0.29) is 6.10 Å². The quantitative estimate of drug-likeness (QED) is 0.621. The summed E-state index contributed by atoms with van der Waals surface area (Å²) in [4.78, 5) is 11.0. The van der Waals surface area contributed by atoms with E-state index in [4.69, 9.17) is 15.9 Å². The fourth-order valence-corrected chi connectivity index (χ4v) is 3.59. The van der Waals surface area contributed by atoms with Crippen molar-refractivity contribution in [2.24, 2.45) is 0 Å². The minimum absolute atomic E-state index is 0.126. The van der Waals surface area contributed by atoms with Crippen LogP contribution in [0.25, 0.3) is 10.9 Å². The van der Waals surface area contributed by atoms with Crippen LogP contribution < -0.4 is 14.8 Å². The maximum absolute atomic E-state index is 6.32. The largest absolute Gasteiger partial charge is 0.493 e. The van der Waals surface area contributed by atoms with Crippen molar-refractivity contribution < 1.29 is 9.47 Å². The lowest BCUT2D eigenvalue weighted by Crippen LogP contribution is -2.35. The first-order valence-electron chi connectivity index (χ1n) is 9.90. The van der Waals surface area contributed by atoms with Crippen molar-refractivity contribution in [1.29, 1.82) is 0 Å². The van der Waals surface area contributed by atoms with Crippen LogP contribution in [0.2, 0.25) is 0 Å². The summed E-state index contributed by atoms with van der Waals surface area (Å²) in [6, 6.07) is 11.5. The van der Waals surface area contributed by atoms with Crippen LogP contribution in [-0.2, 0) is 0 Å². The number of nitrogens with zero attached hydrogens (tertiary/aromatic N) is 3. The van der Waals surface area contributed by atoms with Gasteiger partial charge < -0.3 is 19.7 Å². The molecular weight excluding hydrogens is 376 g/mol. The first-order chi connectivity index (χ1) is 14.7. The average Bonchev–Trinajstić information content (AvgIpc) is 2.79. The van der Waals surface area contributed by atoms with Gasteiger partial charge in [0.25, 0.3) is 0 Å². The van der Waals surface area contributed by atoms with Crippen LogP contribution in [0, 0.1) is 12.3 Å². The van der Waals surface area contributed by atoms with E-state index in [0.717, 1.165) is 48.1 Å². The molecule has 2 aromatic carbocycles. The zero-order chi connectivity index (χ0) is 20.9. The highest BCUT2D eigenvalue weighted by Crippen LogP contribution is 2.36. The molecule has 6 heteroatoms. The van der Waals surface area contributed by atoms with Gasteiger partial charge >= 0.3 is 0 Å². The van der Waals surface area contributed by atoms with E-state index in [2.05, 4.69) is 32.7 Å². The second-order valence-corrected chi connectivity index (χ2v) is 7.13. The Morgan fingerprint density at radius 2 is 2.03 bits per heavy atom. The summed E-state index contributed by atoms with van der Waals surface area (Å²) in [6.07, 6.45) is 10.9. The van der Waals surface area contributed by atoms with Crippen molar-refractivity contribution in [3.63, 3.8) is 0 Å². The van der Waals surface area contributed by atoms with Crippen LogP contribution in [-0.4, -0.2) is 41.2 Å². The van der Waals surface area contributed by atoms with Gasteiger partial charge in [0.15, 0.2) is 11.5 Å². The van der Waals surface area contributed by atoms with Gasteiger partial charge in [-0.05, 0) is 30.5 Å². The lowest BCUT2D eigenvalue weighted by atomic mass is 10.1. The molecule has 152 valence electrons.